The van der Waals surface area contributed by atoms with Gasteiger partial charge in [-0.15, -0.1) is 0 Å². The first kappa shape index (κ1) is 20.6. The molecule has 144 valence electrons. The molecule has 1 amide bonds. The number of hydrogen-bond acceptors (Lipinski definition) is 5. The van der Waals surface area contributed by atoms with Crippen molar-refractivity contribution in [1.29, 1.82) is 0 Å². The number of anilines is 1. The molecule has 27 heavy (non-hydrogen) atoms. The van der Waals surface area contributed by atoms with Gasteiger partial charge in [-0.05, 0) is 43.7 Å². The van der Waals surface area contributed by atoms with Crippen LogP contribution in [0.2, 0.25) is 5.02 Å². The predicted molar refractivity (Wildman–Crippen MR) is 104 cm³/mol. The monoisotopic (exact) mass is 391 g/mol. The standard InChI is InChI=1S/C20H22ClNO5/c1-4-16(27-18-9-7-6-8-17(18)25-3)19(23)22-13-10-11-15(21)14(12-13)20(24)26-5-2/h6-12,16H,4-5H2,1-3H3,(H,22,23)/t16-/m0/s1. The summed E-state index contributed by atoms with van der Waals surface area (Å²) in [5.41, 5.74) is 0.615. The number of carbonyl (C=O) groups is 2. The van der Waals surface area contributed by atoms with Crippen LogP contribution in [0.1, 0.15) is 30.6 Å². The highest BCUT2D eigenvalue weighted by atomic mass is 35.5. The highest BCUT2D eigenvalue weighted by Gasteiger charge is 2.21. The molecule has 1 atom stereocenters. The zero-order chi connectivity index (χ0) is 19.8. The Labute approximate surface area is 163 Å². The van der Waals surface area contributed by atoms with Crippen LogP contribution < -0.4 is 14.8 Å². The van der Waals surface area contributed by atoms with E-state index < -0.39 is 12.1 Å². The molecule has 0 heterocycles. The number of benzene rings is 2. The van der Waals surface area contributed by atoms with Gasteiger partial charge in [0, 0.05) is 5.69 Å². The van der Waals surface area contributed by atoms with Gasteiger partial charge in [-0.3, -0.25) is 4.79 Å². The third-order valence-corrected chi connectivity index (χ3v) is 4.06. The minimum absolute atomic E-state index is 0.190. The van der Waals surface area contributed by atoms with E-state index in [1.54, 1.807) is 31.2 Å². The molecule has 0 saturated carbocycles. The van der Waals surface area contributed by atoms with Crippen molar-refractivity contribution in [3.05, 3.63) is 53.1 Å². The second kappa shape index (κ2) is 9.83. The summed E-state index contributed by atoms with van der Waals surface area (Å²) in [6.45, 7) is 3.78. The normalized spacial score (nSPS) is 11.4. The molecule has 2 rings (SSSR count). The first-order chi connectivity index (χ1) is 13.0. The lowest BCUT2D eigenvalue weighted by atomic mass is 10.2. The van der Waals surface area contributed by atoms with Crippen LogP contribution in [-0.4, -0.2) is 31.7 Å². The lowest BCUT2D eigenvalue weighted by Crippen LogP contribution is -2.32. The molecule has 0 aliphatic carbocycles. The van der Waals surface area contributed by atoms with Crippen LogP contribution >= 0.6 is 11.6 Å². The second-order valence-electron chi connectivity index (χ2n) is 5.57. The van der Waals surface area contributed by atoms with Crippen molar-refractivity contribution in [2.24, 2.45) is 0 Å². The molecule has 0 bridgehead atoms. The molecule has 0 radical (unpaired) electrons. The number of halogens is 1. The topological polar surface area (TPSA) is 73.9 Å². The van der Waals surface area contributed by atoms with E-state index in [4.69, 9.17) is 25.8 Å². The molecule has 0 aliphatic heterocycles. The maximum atomic E-state index is 12.6. The molecule has 0 aromatic heterocycles. The van der Waals surface area contributed by atoms with Gasteiger partial charge in [-0.25, -0.2) is 4.79 Å². The van der Waals surface area contributed by atoms with Crippen LogP contribution in [0, 0.1) is 0 Å². The SMILES string of the molecule is CCOC(=O)c1cc(NC(=O)[C@H](CC)Oc2ccccc2OC)ccc1Cl. The van der Waals surface area contributed by atoms with E-state index in [1.807, 2.05) is 13.0 Å². The molecule has 0 saturated heterocycles. The summed E-state index contributed by atoms with van der Waals surface area (Å²) < 4.78 is 16.0. The Bertz CT molecular complexity index is 809. The number of para-hydroxylation sites is 2. The van der Waals surface area contributed by atoms with Crippen LogP contribution in [0.3, 0.4) is 0 Å². The molecule has 1 N–H and O–H groups in total. The number of esters is 1. The minimum Gasteiger partial charge on any atom is -0.493 e. The van der Waals surface area contributed by atoms with Gasteiger partial charge < -0.3 is 19.5 Å². The Morgan fingerprint density at radius 2 is 1.81 bits per heavy atom. The zero-order valence-electron chi connectivity index (χ0n) is 15.5. The number of carbonyl (C=O) groups excluding carboxylic acids is 2. The van der Waals surface area contributed by atoms with E-state index in [0.717, 1.165) is 0 Å². The Hall–Kier alpha value is -2.73. The van der Waals surface area contributed by atoms with Gasteiger partial charge in [0.05, 0.1) is 24.3 Å². The van der Waals surface area contributed by atoms with Crippen molar-refractivity contribution in [3.63, 3.8) is 0 Å². The number of ether oxygens (including phenoxy) is 3. The molecule has 7 heteroatoms. The van der Waals surface area contributed by atoms with E-state index in [9.17, 15) is 9.59 Å². The Morgan fingerprint density at radius 1 is 1.11 bits per heavy atom. The first-order valence-electron chi connectivity index (χ1n) is 8.57. The molecular formula is C20H22ClNO5. The summed E-state index contributed by atoms with van der Waals surface area (Å²) in [4.78, 5) is 24.6. The third-order valence-electron chi connectivity index (χ3n) is 3.73. The Kier molecular flexibility index (Phi) is 7.49. The lowest BCUT2D eigenvalue weighted by Gasteiger charge is -2.19. The molecule has 2 aromatic carbocycles. The summed E-state index contributed by atoms with van der Waals surface area (Å²) >= 11 is 6.04. The van der Waals surface area contributed by atoms with Gasteiger partial charge in [-0.1, -0.05) is 30.7 Å². The van der Waals surface area contributed by atoms with Crippen molar-refractivity contribution in [2.45, 2.75) is 26.4 Å². The number of nitrogens with one attached hydrogen (secondary N) is 1. The minimum atomic E-state index is -0.733. The summed E-state index contributed by atoms with van der Waals surface area (Å²) in [6.07, 6.45) is -0.287. The van der Waals surface area contributed by atoms with Crippen LogP contribution in [0.4, 0.5) is 5.69 Å². The zero-order valence-corrected chi connectivity index (χ0v) is 16.2. The highest BCUT2D eigenvalue weighted by Crippen LogP contribution is 2.28. The van der Waals surface area contributed by atoms with Crippen molar-refractivity contribution >= 4 is 29.2 Å². The largest absolute Gasteiger partial charge is 0.493 e. The summed E-state index contributed by atoms with van der Waals surface area (Å²) in [5.74, 6) is 0.126. The molecular weight excluding hydrogens is 370 g/mol. The quantitative estimate of drug-likeness (QED) is 0.678. The first-order valence-corrected chi connectivity index (χ1v) is 8.95. The Morgan fingerprint density at radius 3 is 2.44 bits per heavy atom. The fraction of sp³-hybridized carbons (Fsp3) is 0.300. The molecule has 2 aromatic rings. The van der Waals surface area contributed by atoms with Crippen LogP contribution in [0.25, 0.3) is 0 Å². The van der Waals surface area contributed by atoms with Gasteiger partial charge in [0.1, 0.15) is 0 Å². The van der Waals surface area contributed by atoms with Gasteiger partial charge in [0.25, 0.3) is 5.91 Å². The summed E-state index contributed by atoms with van der Waals surface area (Å²) in [7, 11) is 1.54. The van der Waals surface area contributed by atoms with E-state index in [0.29, 0.717) is 23.6 Å². The highest BCUT2D eigenvalue weighted by molar-refractivity contribution is 6.33. The van der Waals surface area contributed by atoms with E-state index in [2.05, 4.69) is 5.32 Å². The van der Waals surface area contributed by atoms with Crippen LogP contribution in [0.5, 0.6) is 11.5 Å². The maximum Gasteiger partial charge on any atom is 0.339 e. The summed E-state index contributed by atoms with van der Waals surface area (Å²) in [6, 6.07) is 11.7. The third kappa shape index (κ3) is 5.37. The van der Waals surface area contributed by atoms with Gasteiger partial charge in [-0.2, -0.15) is 0 Å². The fourth-order valence-corrected chi connectivity index (χ4v) is 2.58. The van der Waals surface area contributed by atoms with Crippen molar-refractivity contribution in [2.75, 3.05) is 19.0 Å². The van der Waals surface area contributed by atoms with Crippen molar-refractivity contribution in [1.82, 2.24) is 0 Å². The molecule has 0 aliphatic rings. The number of hydrogen-bond donors (Lipinski definition) is 1. The lowest BCUT2D eigenvalue weighted by molar-refractivity contribution is -0.122. The molecule has 0 unspecified atom stereocenters. The van der Waals surface area contributed by atoms with Gasteiger partial charge in [0.15, 0.2) is 17.6 Å². The maximum absolute atomic E-state index is 12.6. The fourth-order valence-electron chi connectivity index (χ4n) is 2.38. The van der Waals surface area contributed by atoms with Gasteiger partial charge in [0.2, 0.25) is 0 Å². The number of amides is 1. The average Bonchev–Trinajstić information content (AvgIpc) is 2.67. The second-order valence-corrected chi connectivity index (χ2v) is 5.98. The van der Waals surface area contributed by atoms with Crippen molar-refractivity contribution < 1.29 is 23.8 Å². The summed E-state index contributed by atoms with van der Waals surface area (Å²) in [5, 5.41) is 3.00. The molecule has 0 spiro atoms. The number of rotatable bonds is 8. The Balaban J connectivity index is 2.14. The smallest absolute Gasteiger partial charge is 0.339 e. The average molecular weight is 392 g/mol. The van der Waals surface area contributed by atoms with Crippen LogP contribution in [0.15, 0.2) is 42.5 Å². The number of methoxy groups -OCH3 is 1. The van der Waals surface area contributed by atoms with E-state index in [-0.39, 0.29) is 23.1 Å². The van der Waals surface area contributed by atoms with E-state index >= 15 is 0 Å². The van der Waals surface area contributed by atoms with Gasteiger partial charge >= 0.3 is 5.97 Å². The predicted octanol–water partition coefficient (Wildman–Crippen LogP) is 4.32. The van der Waals surface area contributed by atoms with Crippen LogP contribution in [-0.2, 0) is 9.53 Å². The van der Waals surface area contributed by atoms with E-state index in [1.165, 1.54) is 19.2 Å². The molecule has 0 fully saturated rings. The molecule has 6 nitrogen and oxygen atoms in total. The van der Waals surface area contributed by atoms with Crippen molar-refractivity contribution in [3.8, 4) is 11.5 Å².